The van der Waals surface area contributed by atoms with Gasteiger partial charge in [-0.1, -0.05) is 12.1 Å². The van der Waals surface area contributed by atoms with Gasteiger partial charge in [-0.05, 0) is 30.9 Å². The summed E-state index contributed by atoms with van der Waals surface area (Å²) in [7, 11) is 0. The second-order valence-corrected chi connectivity index (χ2v) is 5.78. The first-order valence-corrected chi connectivity index (χ1v) is 7.53. The zero-order chi connectivity index (χ0) is 13.0. The van der Waals surface area contributed by atoms with Crippen LogP contribution in [0.2, 0.25) is 0 Å². The Morgan fingerprint density at radius 3 is 2.72 bits per heavy atom. The molecule has 1 aliphatic heterocycles. The molecule has 1 aromatic rings. The molecule has 2 rings (SSSR count). The Labute approximate surface area is 113 Å². The quantitative estimate of drug-likeness (QED) is 0.803. The van der Waals surface area contributed by atoms with Gasteiger partial charge in [-0.3, -0.25) is 0 Å². The fraction of sp³-hybridized carbons (Fsp3) is 0.571. The molecule has 0 aromatic heterocycles. The highest BCUT2D eigenvalue weighted by atomic mass is 32.2. The minimum absolute atomic E-state index is 0.241. The molecule has 1 aromatic carbocycles. The van der Waals surface area contributed by atoms with Gasteiger partial charge in [0.2, 0.25) is 0 Å². The smallest absolute Gasteiger partial charge is 0.103 e. The zero-order valence-electron chi connectivity index (χ0n) is 11.0. The highest BCUT2D eigenvalue weighted by molar-refractivity contribution is 7.98. The Hall–Kier alpha value is -0.550. The van der Waals surface area contributed by atoms with Crippen LogP contribution in [0.15, 0.2) is 29.2 Å². The van der Waals surface area contributed by atoms with Gasteiger partial charge in [-0.25, -0.2) is 0 Å². The third-order valence-corrected chi connectivity index (χ3v) is 4.18. The van der Waals surface area contributed by atoms with E-state index in [0.717, 1.165) is 6.42 Å². The van der Waals surface area contributed by atoms with Crippen molar-refractivity contribution in [2.45, 2.75) is 29.9 Å². The molecule has 18 heavy (non-hydrogen) atoms. The molecule has 1 aliphatic rings. The van der Waals surface area contributed by atoms with Crippen LogP contribution in [-0.2, 0) is 4.74 Å². The molecule has 100 valence electrons. The molecule has 0 amide bonds. The Bertz CT molecular complexity index is 374. The lowest BCUT2D eigenvalue weighted by Crippen LogP contribution is -2.41. The molecule has 2 unspecified atom stereocenters. The van der Waals surface area contributed by atoms with Gasteiger partial charge in [0.15, 0.2) is 0 Å². The van der Waals surface area contributed by atoms with E-state index < -0.39 is 5.60 Å². The molecule has 0 saturated carbocycles. The fourth-order valence-corrected chi connectivity index (χ4v) is 2.50. The van der Waals surface area contributed by atoms with Gasteiger partial charge in [-0.2, -0.15) is 0 Å². The number of hydrogen-bond acceptors (Lipinski definition) is 4. The second-order valence-electron chi connectivity index (χ2n) is 4.90. The van der Waals surface area contributed by atoms with Crippen LogP contribution in [0.1, 0.15) is 24.9 Å². The Morgan fingerprint density at radius 1 is 1.44 bits per heavy atom. The van der Waals surface area contributed by atoms with Crippen molar-refractivity contribution in [1.29, 1.82) is 0 Å². The summed E-state index contributed by atoms with van der Waals surface area (Å²) in [6.07, 6.45) is 2.80. The van der Waals surface area contributed by atoms with Gasteiger partial charge in [-0.15, -0.1) is 11.8 Å². The van der Waals surface area contributed by atoms with E-state index in [1.807, 2.05) is 0 Å². The number of benzene rings is 1. The molecule has 4 heteroatoms. The van der Waals surface area contributed by atoms with Crippen molar-refractivity contribution in [3.63, 3.8) is 0 Å². The largest absolute Gasteiger partial charge is 0.386 e. The first-order valence-electron chi connectivity index (χ1n) is 6.30. The van der Waals surface area contributed by atoms with E-state index in [1.54, 1.807) is 11.8 Å². The van der Waals surface area contributed by atoms with Crippen LogP contribution in [0.5, 0.6) is 0 Å². The van der Waals surface area contributed by atoms with Gasteiger partial charge in [0, 0.05) is 30.5 Å². The van der Waals surface area contributed by atoms with Crippen LogP contribution in [-0.4, -0.2) is 36.7 Å². The number of thioether (sulfide) groups is 1. The van der Waals surface area contributed by atoms with Crippen LogP contribution >= 0.6 is 11.8 Å². The summed E-state index contributed by atoms with van der Waals surface area (Å²) in [4.78, 5) is 1.27. The lowest BCUT2D eigenvalue weighted by Gasteiger charge is -2.24. The van der Waals surface area contributed by atoms with E-state index >= 15 is 0 Å². The molecule has 0 radical (unpaired) electrons. The van der Waals surface area contributed by atoms with Gasteiger partial charge < -0.3 is 15.2 Å². The Balaban J connectivity index is 1.88. The van der Waals surface area contributed by atoms with E-state index in [4.69, 9.17) is 4.74 Å². The minimum atomic E-state index is -0.687. The SMILES string of the molecule is CSc1ccc(C(C)NCC2(O)CCOC2)cc1. The van der Waals surface area contributed by atoms with Crippen LogP contribution in [0.25, 0.3) is 0 Å². The van der Waals surface area contributed by atoms with Crippen LogP contribution in [0, 0.1) is 0 Å². The van der Waals surface area contributed by atoms with Crippen molar-refractivity contribution < 1.29 is 9.84 Å². The molecule has 1 saturated heterocycles. The number of aliphatic hydroxyl groups is 1. The van der Waals surface area contributed by atoms with E-state index in [1.165, 1.54) is 10.5 Å². The normalized spacial score (nSPS) is 25.3. The molecule has 2 atom stereocenters. The number of nitrogens with one attached hydrogen (secondary N) is 1. The average molecular weight is 267 g/mol. The summed E-state index contributed by atoms with van der Waals surface area (Å²) < 4.78 is 5.24. The first-order chi connectivity index (χ1) is 8.63. The molecule has 1 fully saturated rings. The van der Waals surface area contributed by atoms with Gasteiger partial charge in [0.25, 0.3) is 0 Å². The topological polar surface area (TPSA) is 41.5 Å². The van der Waals surface area contributed by atoms with Crippen LogP contribution in [0.3, 0.4) is 0 Å². The molecular weight excluding hydrogens is 246 g/mol. The molecule has 2 N–H and O–H groups in total. The van der Waals surface area contributed by atoms with Crippen molar-refractivity contribution in [2.75, 3.05) is 26.0 Å². The van der Waals surface area contributed by atoms with E-state index in [9.17, 15) is 5.11 Å². The maximum absolute atomic E-state index is 10.2. The predicted molar refractivity (Wildman–Crippen MR) is 75.0 cm³/mol. The van der Waals surface area contributed by atoms with Crippen LogP contribution < -0.4 is 5.32 Å². The third kappa shape index (κ3) is 3.48. The van der Waals surface area contributed by atoms with E-state index in [-0.39, 0.29) is 6.04 Å². The Morgan fingerprint density at radius 2 is 2.17 bits per heavy atom. The second kappa shape index (κ2) is 6.06. The summed E-state index contributed by atoms with van der Waals surface area (Å²) in [6.45, 7) is 3.80. The average Bonchev–Trinajstić information content (AvgIpc) is 2.83. The number of ether oxygens (including phenoxy) is 1. The lowest BCUT2D eigenvalue weighted by atomic mass is 10.0. The molecular formula is C14H21NO2S. The summed E-state index contributed by atoms with van der Waals surface area (Å²) >= 11 is 1.75. The molecule has 0 bridgehead atoms. The molecule has 0 spiro atoms. The van der Waals surface area contributed by atoms with Gasteiger partial charge in [0.1, 0.15) is 5.60 Å². The summed E-state index contributed by atoms with van der Waals surface area (Å²) in [5.41, 5.74) is 0.559. The van der Waals surface area contributed by atoms with Crippen molar-refractivity contribution in [2.24, 2.45) is 0 Å². The standard InChI is InChI=1S/C14H21NO2S/c1-11(12-3-5-13(18-2)6-4-12)15-9-14(16)7-8-17-10-14/h3-6,11,15-16H,7-10H2,1-2H3. The first kappa shape index (κ1) is 13.9. The van der Waals surface area contributed by atoms with Crippen molar-refractivity contribution >= 4 is 11.8 Å². The highest BCUT2D eigenvalue weighted by Crippen LogP contribution is 2.21. The van der Waals surface area contributed by atoms with Crippen molar-refractivity contribution in [1.82, 2.24) is 5.32 Å². The number of hydrogen-bond donors (Lipinski definition) is 2. The van der Waals surface area contributed by atoms with E-state index in [2.05, 4.69) is 42.8 Å². The fourth-order valence-electron chi connectivity index (χ4n) is 2.09. The van der Waals surface area contributed by atoms with Crippen LogP contribution in [0.4, 0.5) is 0 Å². The molecule has 3 nitrogen and oxygen atoms in total. The van der Waals surface area contributed by atoms with E-state index in [0.29, 0.717) is 19.8 Å². The van der Waals surface area contributed by atoms with Crippen molar-refractivity contribution in [3.05, 3.63) is 29.8 Å². The summed E-state index contributed by atoms with van der Waals surface area (Å²) in [5, 5.41) is 13.6. The predicted octanol–water partition coefficient (Wildman–Crippen LogP) is 2.21. The third-order valence-electron chi connectivity index (χ3n) is 3.44. The summed E-state index contributed by atoms with van der Waals surface area (Å²) in [5.74, 6) is 0. The van der Waals surface area contributed by atoms with Gasteiger partial charge >= 0.3 is 0 Å². The molecule has 1 heterocycles. The maximum Gasteiger partial charge on any atom is 0.103 e. The summed E-state index contributed by atoms with van der Waals surface area (Å²) in [6, 6.07) is 8.78. The highest BCUT2D eigenvalue weighted by Gasteiger charge is 2.32. The monoisotopic (exact) mass is 267 g/mol. The minimum Gasteiger partial charge on any atom is -0.386 e. The zero-order valence-corrected chi connectivity index (χ0v) is 11.8. The van der Waals surface area contributed by atoms with Gasteiger partial charge in [0.05, 0.1) is 6.61 Å². The lowest BCUT2D eigenvalue weighted by molar-refractivity contribution is 0.0252. The van der Waals surface area contributed by atoms with Crippen molar-refractivity contribution in [3.8, 4) is 0 Å². The number of rotatable bonds is 5. The Kier molecular flexibility index (Phi) is 4.67. The maximum atomic E-state index is 10.2. The molecule has 0 aliphatic carbocycles.